The third kappa shape index (κ3) is 3.49. The predicted octanol–water partition coefficient (Wildman–Crippen LogP) is 3.55. The molecule has 1 aromatic carbocycles. The van der Waals surface area contributed by atoms with Crippen LogP contribution in [0.15, 0.2) is 18.2 Å². The Bertz CT molecular complexity index is 299. The SMILES string of the molecule is CC(CO)CCc1ccc(Cl)cc1Cl. The van der Waals surface area contributed by atoms with Crippen molar-refractivity contribution in [2.75, 3.05) is 6.61 Å². The average Bonchev–Trinajstić information content (AvgIpc) is 2.16. The smallest absolute Gasteiger partial charge is 0.0456 e. The van der Waals surface area contributed by atoms with Crippen LogP contribution in [-0.4, -0.2) is 11.7 Å². The molecule has 0 saturated heterocycles. The first-order valence-corrected chi connectivity index (χ1v) is 5.44. The molecule has 14 heavy (non-hydrogen) atoms. The number of aliphatic hydroxyl groups is 1. The lowest BCUT2D eigenvalue weighted by molar-refractivity contribution is 0.230. The maximum absolute atomic E-state index is 8.87. The normalized spacial score (nSPS) is 12.9. The maximum Gasteiger partial charge on any atom is 0.0456 e. The number of hydrogen-bond acceptors (Lipinski definition) is 1. The van der Waals surface area contributed by atoms with Crippen molar-refractivity contribution in [3.63, 3.8) is 0 Å². The van der Waals surface area contributed by atoms with Crippen LogP contribution < -0.4 is 0 Å². The maximum atomic E-state index is 8.87. The fraction of sp³-hybridized carbons (Fsp3) is 0.455. The summed E-state index contributed by atoms with van der Waals surface area (Å²) in [6.07, 6.45) is 1.83. The Morgan fingerprint density at radius 2 is 2.07 bits per heavy atom. The number of aliphatic hydroxyl groups excluding tert-OH is 1. The van der Waals surface area contributed by atoms with Gasteiger partial charge in [0.25, 0.3) is 0 Å². The minimum Gasteiger partial charge on any atom is -0.396 e. The molecule has 0 saturated carbocycles. The number of benzene rings is 1. The largest absolute Gasteiger partial charge is 0.396 e. The molecule has 0 aromatic heterocycles. The van der Waals surface area contributed by atoms with Gasteiger partial charge >= 0.3 is 0 Å². The summed E-state index contributed by atoms with van der Waals surface area (Å²) < 4.78 is 0. The van der Waals surface area contributed by atoms with Crippen LogP contribution in [0.1, 0.15) is 18.9 Å². The van der Waals surface area contributed by atoms with E-state index < -0.39 is 0 Å². The van der Waals surface area contributed by atoms with Gasteiger partial charge in [0.1, 0.15) is 0 Å². The van der Waals surface area contributed by atoms with E-state index in [1.54, 1.807) is 6.07 Å². The molecule has 0 aliphatic heterocycles. The minimum atomic E-state index is 0.227. The molecule has 1 aromatic rings. The summed E-state index contributed by atoms with van der Waals surface area (Å²) in [5, 5.41) is 10.2. The van der Waals surface area contributed by atoms with Crippen molar-refractivity contribution in [1.29, 1.82) is 0 Å². The molecule has 1 nitrogen and oxygen atoms in total. The third-order valence-corrected chi connectivity index (χ3v) is 2.82. The standard InChI is InChI=1S/C11H14Cl2O/c1-8(7-14)2-3-9-4-5-10(12)6-11(9)13/h4-6,8,14H,2-3,7H2,1H3. The van der Waals surface area contributed by atoms with Gasteiger partial charge < -0.3 is 5.11 Å². The second-order valence-corrected chi connectivity index (χ2v) is 4.41. The van der Waals surface area contributed by atoms with Crippen molar-refractivity contribution in [2.45, 2.75) is 19.8 Å². The van der Waals surface area contributed by atoms with E-state index in [1.807, 2.05) is 19.1 Å². The predicted molar refractivity (Wildman–Crippen MR) is 61.0 cm³/mol. The first-order valence-electron chi connectivity index (χ1n) is 4.68. The van der Waals surface area contributed by atoms with Gasteiger partial charge in [0.15, 0.2) is 0 Å². The van der Waals surface area contributed by atoms with E-state index in [1.165, 1.54) is 0 Å². The molecule has 1 rings (SSSR count). The monoisotopic (exact) mass is 232 g/mol. The van der Waals surface area contributed by atoms with Crippen molar-refractivity contribution in [2.24, 2.45) is 5.92 Å². The van der Waals surface area contributed by atoms with Crippen LogP contribution >= 0.6 is 23.2 Å². The molecule has 0 aliphatic rings. The van der Waals surface area contributed by atoms with E-state index in [0.717, 1.165) is 18.4 Å². The van der Waals surface area contributed by atoms with Gasteiger partial charge in [0.05, 0.1) is 0 Å². The highest BCUT2D eigenvalue weighted by molar-refractivity contribution is 6.35. The van der Waals surface area contributed by atoms with Crippen LogP contribution in [0.5, 0.6) is 0 Å². The van der Waals surface area contributed by atoms with Crippen molar-refractivity contribution in [3.8, 4) is 0 Å². The van der Waals surface area contributed by atoms with Crippen LogP contribution in [0.4, 0.5) is 0 Å². The number of rotatable bonds is 4. The van der Waals surface area contributed by atoms with E-state index in [4.69, 9.17) is 28.3 Å². The van der Waals surface area contributed by atoms with Gasteiger partial charge in [-0.2, -0.15) is 0 Å². The second-order valence-electron chi connectivity index (χ2n) is 3.56. The molecule has 1 atom stereocenters. The van der Waals surface area contributed by atoms with Crippen LogP contribution in [0, 0.1) is 5.92 Å². The number of hydrogen-bond donors (Lipinski definition) is 1. The molecule has 0 amide bonds. The minimum absolute atomic E-state index is 0.227. The summed E-state index contributed by atoms with van der Waals surface area (Å²) in [4.78, 5) is 0. The zero-order valence-corrected chi connectivity index (χ0v) is 9.65. The average molecular weight is 233 g/mol. The quantitative estimate of drug-likeness (QED) is 0.843. The van der Waals surface area contributed by atoms with Gasteiger partial charge in [-0.15, -0.1) is 0 Å². The van der Waals surface area contributed by atoms with E-state index in [0.29, 0.717) is 16.0 Å². The summed E-state index contributed by atoms with van der Waals surface area (Å²) in [5.41, 5.74) is 1.09. The van der Waals surface area contributed by atoms with Gasteiger partial charge in [-0.1, -0.05) is 36.2 Å². The fourth-order valence-corrected chi connectivity index (χ4v) is 1.72. The zero-order chi connectivity index (χ0) is 10.6. The van der Waals surface area contributed by atoms with E-state index in [-0.39, 0.29) is 6.61 Å². The molecule has 0 heterocycles. The topological polar surface area (TPSA) is 20.2 Å². The molecule has 1 unspecified atom stereocenters. The Kier molecular flexibility index (Phi) is 4.73. The Morgan fingerprint density at radius 3 is 2.64 bits per heavy atom. The Morgan fingerprint density at radius 1 is 1.36 bits per heavy atom. The molecule has 0 fully saturated rings. The Balaban J connectivity index is 2.59. The third-order valence-electron chi connectivity index (χ3n) is 2.23. The molecular formula is C11H14Cl2O. The number of halogens is 2. The first-order chi connectivity index (χ1) is 6.63. The van der Waals surface area contributed by atoms with Crippen molar-refractivity contribution >= 4 is 23.2 Å². The van der Waals surface area contributed by atoms with Crippen LogP contribution in [0.25, 0.3) is 0 Å². The summed E-state index contributed by atoms with van der Waals surface area (Å²) in [6.45, 7) is 2.25. The molecule has 3 heteroatoms. The summed E-state index contributed by atoms with van der Waals surface area (Å²) >= 11 is 11.8. The Hall–Kier alpha value is -0.240. The lowest BCUT2D eigenvalue weighted by atomic mass is 10.0. The van der Waals surface area contributed by atoms with Crippen molar-refractivity contribution in [1.82, 2.24) is 0 Å². The van der Waals surface area contributed by atoms with Crippen LogP contribution in [-0.2, 0) is 6.42 Å². The molecular weight excluding hydrogens is 219 g/mol. The summed E-state index contributed by atoms with van der Waals surface area (Å²) in [5.74, 6) is 0.321. The number of aryl methyl sites for hydroxylation is 1. The van der Waals surface area contributed by atoms with E-state index in [9.17, 15) is 0 Å². The van der Waals surface area contributed by atoms with Crippen molar-refractivity contribution in [3.05, 3.63) is 33.8 Å². The highest BCUT2D eigenvalue weighted by Crippen LogP contribution is 2.22. The zero-order valence-electron chi connectivity index (χ0n) is 8.13. The molecule has 1 N–H and O–H groups in total. The van der Waals surface area contributed by atoms with E-state index in [2.05, 4.69) is 0 Å². The lowest BCUT2D eigenvalue weighted by Gasteiger charge is -2.08. The highest BCUT2D eigenvalue weighted by Gasteiger charge is 2.04. The van der Waals surface area contributed by atoms with Crippen LogP contribution in [0.3, 0.4) is 0 Å². The summed E-state index contributed by atoms with van der Waals surface area (Å²) in [7, 11) is 0. The summed E-state index contributed by atoms with van der Waals surface area (Å²) in [6, 6.07) is 5.53. The molecule has 0 radical (unpaired) electrons. The highest BCUT2D eigenvalue weighted by atomic mass is 35.5. The van der Waals surface area contributed by atoms with Gasteiger partial charge in [-0.3, -0.25) is 0 Å². The van der Waals surface area contributed by atoms with Gasteiger partial charge in [0, 0.05) is 16.7 Å². The van der Waals surface area contributed by atoms with Gasteiger partial charge in [0.2, 0.25) is 0 Å². The fourth-order valence-electron chi connectivity index (χ4n) is 1.22. The Labute approximate surface area is 94.7 Å². The lowest BCUT2D eigenvalue weighted by Crippen LogP contribution is -2.02. The van der Waals surface area contributed by atoms with Gasteiger partial charge in [-0.05, 0) is 36.5 Å². The second kappa shape index (κ2) is 5.59. The van der Waals surface area contributed by atoms with Gasteiger partial charge in [-0.25, -0.2) is 0 Å². The van der Waals surface area contributed by atoms with Crippen molar-refractivity contribution < 1.29 is 5.11 Å². The van der Waals surface area contributed by atoms with E-state index >= 15 is 0 Å². The molecule has 0 bridgehead atoms. The molecule has 0 aliphatic carbocycles. The molecule has 0 spiro atoms. The van der Waals surface area contributed by atoms with Crippen LogP contribution in [0.2, 0.25) is 10.0 Å². The molecule has 78 valence electrons. The first kappa shape index (κ1) is 11.8.